The Morgan fingerprint density at radius 2 is 1.24 bits per heavy atom. The third-order valence-electron chi connectivity index (χ3n) is 5.94. The first-order valence-corrected chi connectivity index (χ1v) is 12.6. The van der Waals surface area contributed by atoms with E-state index in [9.17, 15) is 39.0 Å². The molecule has 0 radical (unpaired) electrons. The van der Waals surface area contributed by atoms with Gasteiger partial charge in [0, 0.05) is 12.8 Å². The molecule has 0 heterocycles. The predicted octanol–water partition coefficient (Wildman–Crippen LogP) is -1.22. The van der Waals surface area contributed by atoms with E-state index >= 15 is 0 Å². The second kappa shape index (κ2) is 15.6. The van der Waals surface area contributed by atoms with Gasteiger partial charge in [-0.15, -0.1) is 0 Å². The summed E-state index contributed by atoms with van der Waals surface area (Å²) in [6.07, 6.45) is -1.70. The minimum absolute atomic E-state index is 0.0419. The number of carboxylic acids is 2. The van der Waals surface area contributed by atoms with Crippen LogP contribution in [-0.2, 0) is 41.6 Å². The molecule has 10 N–H and O–H groups in total. The van der Waals surface area contributed by atoms with Gasteiger partial charge in [-0.05, 0) is 36.1 Å². The van der Waals surface area contributed by atoms with E-state index in [1.165, 1.54) is 24.3 Å². The van der Waals surface area contributed by atoms with Gasteiger partial charge in [0.1, 0.15) is 23.9 Å². The molecule has 4 unspecified atom stereocenters. The lowest BCUT2D eigenvalue weighted by Crippen LogP contribution is -2.58. The predicted molar refractivity (Wildman–Crippen MR) is 144 cm³/mol. The molecule has 0 saturated heterocycles. The number of phenolic OH excluding ortho intramolecular Hbond substituents is 1. The molecule has 14 heteroatoms. The minimum atomic E-state index is -1.55. The van der Waals surface area contributed by atoms with Crippen molar-refractivity contribution in [1.82, 2.24) is 16.0 Å². The monoisotopic (exact) mass is 571 g/mol. The van der Waals surface area contributed by atoms with Gasteiger partial charge in [-0.25, -0.2) is 4.79 Å². The maximum atomic E-state index is 13.1. The number of phenols is 1. The first-order valence-electron chi connectivity index (χ1n) is 12.6. The zero-order valence-electron chi connectivity index (χ0n) is 22.0. The number of carbonyl (C=O) groups excluding carboxylic acids is 4. The fraction of sp³-hybridized carbons (Fsp3) is 0.333. The van der Waals surface area contributed by atoms with Crippen molar-refractivity contribution in [2.45, 2.75) is 56.3 Å². The number of nitrogens with two attached hydrogens (primary N) is 2. The number of rotatable bonds is 16. The molecule has 0 fully saturated rings. The summed E-state index contributed by atoms with van der Waals surface area (Å²) < 4.78 is 0. The Balaban J connectivity index is 2.16. The van der Waals surface area contributed by atoms with Crippen LogP contribution in [0.5, 0.6) is 5.75 Å². The van der Waals surface area contributed by atoms with Crippen LogP contribution >= 0.6 is 0 Å². The number of aliphatic carboxylic acids is 2. The molecule has 4 amide bonds. The summed E-state index contributed by atoms with van der Waals surface area (Å²) >= 11 is 0. The van der Waals surface area contributed by atoms with Crippen molar-refractivity contribution in [3.8, 4) is 5.75 Å². The first-order chi connectivity index (χ1) is 19.3. The molecular formula is C27H33N5O9. The highest BCUT2D eigenvalue weighted by atomic mass is 16.4. The summed E-state index contributed by atoms with van der Waals surface area (Å²) in [5.74, 6) is -6.49. The summed E-state index contributed by atoms with van der Waals surface area (Å²) in [7, 11) is 0. The van der Waals surface area contributed by atoms with Crippen LogP contribution in [0.4, 0.5) is 0 Å². The molecule has 4 atom stereocenters. The van der Waals surface area contributed by atoms with Crippen molar-refractivity contribution in [3.63, 3.8) is 0 Å². The highest BCUT2D eigenvalue weighted by molar-refractivity contribution is 5.96. The summed E-state index contributed by atoms with van der Waals surface area (Å²) in [6.45, 7) is 0. The highest BCUT2D eigenvalue weighted by Gasteiger charge is 2.31. The fourth-order valence-corrected chi connectivity index (χ4v) is 3.80. The third-order valence-corrected chi connectivity index (χ3v) is 5.94. The minimum Gasteiger partial charge on any atom is -0.508 e. The smallest absolute Gasteiger partial charge is 0.326 e. The van der Waals surface area contributed by atoms with Gasteiger partial charge in [-0.2, -0.15) is 0 Å². The van der Waals surface area contributed by atoms with Crippen molar-refractivity contribution in [2.24, 2.45) is 11.5 Å². The average molecular weight is 572 g/mol. The molecule has 0 spiro atoms. The van der Waals surface area contributed by atoms with Gasteiger partial charge in [0.2, 0.25) is 23.6 Å². The first kappa shape index (κ1) is 32.2. The maximum absolute atomic E-state index is 13.1. The second-order valence-electron chi connectivity index (χ2n) is 9.29. The Bertz CT molecular complexity index is 1240. The molecule has 0 aromatic heterocycles. The van der Waals surface area contributed by atoms with Crippen molar-refractivity contribution in [1.29, 1.82) is 0 Å². The molecule has 2 rings (SSSR count). The zero-order valence-corrected chi connectivity index (χ0v) is 22.0. The fourth-order valence-electron chi connectivity index (χ4n) is 3.80. The van der Waals surface area contributed by atoms with E-state index in [4.69, 9.17) is 16.6 Å². The Morgan fingerprint density at radius 3 is 1.80 bits per heavy atom. The van der Waals surface area contributed by atoms with E-state index in [-0.39, 0.29) is 18.6 Å². The normalized spacial score (nSPS) is 13.6. The molecule has 220 valence electrons. The number of carboxylic acid groups (broad SMARTS) is 2. The summed E-state index contributed by atoms with van der Waals surface area (Å²) in [4.78, 5) is 73.4. The van der Waals surface area contributed by atoms with Crippen LogP contribution in [0.3, 0.4) is 0 Å². The number of primary amides is 1. The van der Waals surface area contributed by atoms with Crippen LogP contribution < -0.4 is 27.4 Å². The molecule has 0 aliphatic rings. The molecule has 0 aliphatic carbocycles. The number of hydrogen-bond acceptors (Lipinski definition) is 8. The number of hydrogen-bond donors (Lipinski definition) is 8. The summed E-state index contributed by atoms with van der Waals surface area (Å²) in [5.41, 5.74) is 12.4. The number of aromatic hydroxyl groups is 1. The topological polar surface area (TPSA) is 251 Å². The van der Waals surface area contributed by atoms with Crippen LogP contribution in [0.25, 0.3) is 0 Å². The van der Waals surface area contributed by atoms with E-state index in [2.05, 4.69) is 16.0 Å². The number of amides is 4. The summed E-state index contributed by atoms with van der Waals surface area (Å²) in [6, 6.07) is 8.74. The third kappa shape index (κ3) is 11.3. The molecule has 0 saturated carbocycles. The largest absolute Gasteiger partial charge is 0.508 e. The highest BCUT2D eigenvalue weighted by Crippen LogP contribution is 2.12. The lowest BCUT2D eigenvalue weighted by Gasteiger charge is -2.24. The van der Waals surface area contributed by atoms with Gasteiger partial charge in [0.25, 0.3) is 0 Å². The molecule has 2 aromatic carbocycles. The lowest BCUT2D eigenvalue weighted by atomic mass is 10.0. The van der Waals surface area contributed by atoms with Crippen LogP contribution in [0, 0.1) is 0 Å². The Morgan fingerprint density at radius 1 is 0.707 bits per heavy atom. The molecule has 0 bridgehead atoms. The van der Waals surface area contributed by atoms with Crippen LogP contribution in [-0.4, -0.2) is 75.1 Å². The Labute approximate surface area is 235 Å². The summed E-state index contributed by atoms with van der Waals surface area (Å²) in [5, 5.41) is 35.0. The molecule has 14 nitrogen and oxygen atoms in total. The van der Waals surface area contributed by atoms with Crippen molar-refractivity contribution in [2.75, 3.05) is 0 Å². The zero-order chi connectivity index (χ0) is 30.5. The Kier molecular flexibility index (Phi) is 12.2. The van der Waals surface area contributed by atoms with Crippen molar-refractivity contribution < 1.29 is 44.1 Å². The van der Waals surface area contributed by atoms with Gasteiger partial charge < -0.3 is 42.7 Å². The quantitative estimate of drug-likeness (QED) is 0.119. The molecule has 2 aromatic rings. The van der Waals surface area contributed by atoms with E-state index in [1.54, 1.807) is 30.3 Å². The second-order valence-corrected chi connectivity index (χ2v) is 9.29. The molecule has 41 heavy (non-hydrogen) atoms. The molecule has 0 aliphatic heterocycles. The number of nitrogens with one attached hydrogen (secondary N) is 3. The van der Waals surface area contributed by atoms with E-state index < -0.39 is 79.0 Å². The van der Waals surface area contributed by atoms with Gasteiger partial charge in [0.15, 0.2) is 0 Å². The van der Waals surface area contributed by atoms with E-state index in [0.717, 1.165) is 5.56 Å². The van der Waals surface area contributed by atoms with E-state index in [0.29, 0.717) is 5.56 Å². The van der Waals surface area contributed by atoms with Gasteiger partial charge in [-0.1, -0.05) is 42.5 Å². The standard InChI is InChI=1S/C27H33N5O9/c28-18(12-15-4-2-1-3-5-15)24(37)31-20(14-22(29)34)26(39)30-19(10-11-23(35)36)25(38)32-21(27(40)41)13-16-6-8-17(33)9-7-16/h1-9,18-21,33H,10-14,28H2,(H2,29,34)(H,30,39)(H,31,37)(H,32,38)(H,35,36)(H,40,41). The maximum Gasteiger partial charge on any atom is 0.326 e. The van der Waals surface area contributed by atoms with Gasteiger partial charge in [0.05, 0.1) is 12.5 Å². The van der Waals surface area contributed by atoms with Crippen LogP contribution in [0.15, 0.2) is 54.6 Å². The van der Waals surface area contributed by atoms with E-state index in [1.807, 2.05) is 0 Å². The van der Waals surface area contributed by atoms with Crippen LogP contribution in [0.1, 0.15) is 30.4 Å². The van der Waals surface area contributed by atoms with Crippen LogP contribution in [0.2, 0.25) is 0 Å². The Hall–Kier alpha value is -4.98. The lowest BCUT2D eigenvalue weighted by molar-refractivity contribution is -0.143. The van der Waals surface area contributed by atoms with Crippen molar-refractivity contribution in [3.05, 3.63) is 65.7 Å². The average Bonchev–Trinajstić information content (AvgIpc) is 2.91. The van der Waals surface area contributed by atoms with Gasteiger partial charge in [-0.3, -0.25) is 24.0 Å². The van der Waals surface area contributed by atoms with Crippen molar-refractivity contribution >= 4 is 35.6 Å². The number of benzene rings is 2. The molecular weight excluding hydrogens is 538 g/mol. The number of carbonyl (C=O) groups is 6. The SMILES string of the molecule is NC(=O)CC(NC(=O)C(N)Cc1ccccc1)C(=O)NC(CCC(=O)O)C(=O)NC(Cc1ccc(O)cc1)C(=O)O. The van der Waals surface area contributed by atoms with Gasteiger partial charge >= 0.3 is 11.9 Å².